The van der Waals surface area contributed by atoms with Crippen molar-refractivity contribution in [3.63, 3.8) is 0 Å². The summed E-state index contributed by atoms with van der Waals surface area (Å²) in [7, 11) is 1.61. The van der Waals surface area contributed by atoms with Gasteiger partial charge < -0.3 is 21.1 Å². The first-order valence-electron chi connectivity index (χ1n) is 8.61. The molecule has 1 atom stereocenters. The monoisotopic (exact) mass is 379 g/mol. The van der Waals surface area contributed by atoms with Gasteiger partial charge in [0.25, 0.3) is 17.7 Å². The summed E-state index contributed by atoms with van der Waals surface area (Å²) in [5.41, 5.74) is 5.46. The zero-order valence-corrected chi connectivity index (χ0v) is 15.0. The van der Waals surface area contributed by atoms with E-state index in [9.17, 15) is 19.5 Å². The predicted octanol–water partition coefficient (Wildman–Crippen LogP) is -0.841. The SMILES string of the molecule is CN1CCC(O)(C#Cc2cccc(-n3nc(C(N)=O)c4c3C(=O)NC4)c2)C1=O. The van der Waals surface area contributed by atoms with Crippen LogP contribution in [0.2, 0.25) is 0 Å². The second kappa shape index (κ2) is 6.21. The van der Waals surface area contributed by atoms with Crippen molar-refractivity contribution >= 4 is 17.7 Å². The van der Waals surface area contributed by atoms with Crippen molar-refractivity contribution in [2.75, 3.05) is 13.6 Å². The van der Waals surface area contributed by atoms with Crippen LogP contribution in [-0.4, -0.2) is 56.7 Å². The molecule has 9 heteroatoms. The minimum absolute atomic E-state index is 0.0405. The van der Waals surface area contributed by atoms with Crippen molar-refractivity contribution in [3.8, 4) is 17.5 Å². The summed E-state index contributed by atoms with van der Waals surface area (Å²) >= 11 is 0. The molecule has 1 unspecified atom stereocenters. The smallest absolute Gasteiger partial charge is 0.270 e. The lowest BCUT2D eigenvalue weighted by molar-refractivity contribution is -0.137. The largest absolute Gasteiger partial charge is 0.369 e. The van der Waals surface area contributed by atoms with Gasteiger partial charge in [0.15, 0.2) is 5.69 Å². The lowest BCUT2D eigenvalue weighted by Gasteiger charge is -2.13. The van der Waals surface area contributed by atoms with Gasteiger partial charge >= 0.3 is 0 Å². The zero-order chi connectivity index (χ0) is 20.1. The number of hydrogen-bond acceptors (Lipinski definition) is 5. The van der Waals surface area contributed by atoms with Crippen molar-refractivity contribution in [1.29, 1.82) is 0 Å². The Balaban J connectivity index is 1.73. The first-order valence-corrected chi connectivity index (χ1v) is 8.61. The van der Waals surface area contributed by atoms with Crippen LogP contribution in [0.15, 0.2) is 24.3 Å². The van der Waals surface area contributed by atoms with Gasteiger partial charge in [-0.3, -0.25) is 14.4 Å². The van der Waals surface area contributed by atoms with Crippen LogP contribution in [0.25, 0.3) is 5.69 Å². The molecule has 2 aliphatic rings. The summed E-state index contributed by atoms with van der Waals surface area (Å²) < 4.78 is 1.35. The molecule has 4 N–H and O–H groups in total. The minimum Gasteiger partial charge on any atom is -0.369 e. The molecule has 2 aromatic rings. The van der Waals surface area contributed by atoms with Crippen molar-refractivity contribution in [2.24, 2.45) is 5.73 Å². The third kappa shape index (κ3) is 2.71. The van der Waals surface area contributed by atoms with E-state index >= 15 is 0 Å². The van der Waals surface area contributed by atoms with E-state index in [1.165, 1.54) is 9.58 Å². The average Bonchev–Trinajstić information content (AvgIpc) is 3.31. The molecule has 3 heterocycles. The number of hydrogen-bond donors (Lipinski definition) is 3. The zero-order valence-electron chi connectivity index (χ0n) is 15.0. The van der Waals surface area contributed by atoms with Gasteiger partial charge in [-0.15, -0.1) is 0 Å². The van der Waals surface area contributed by atoms with Gasteiger partial charge in [0.05, 0.1) is 5.69 Å². The van der Waals surface area contributed by atoms with Crippen LogP contribution in [0, 0.1) is 11.8 Å². The summed E-state index contributed by atoms with van der Waals surface area (Å²) in [5, 5.41) is 17.3. The summed E-state index contributed by atoms with van der Waals surface area (Å²) in [6.07, 6.45) is 0.240. The van der Waals surface area contributed by atoms with Gasteiger partial charge in [-0.05, 0) is 18.2 Å². The number of aromatic nitrogens is 2. The van der Waals surface area contributed by atoms with Gasteiger partial charge in [-0.2, -0.15) is 5.10 Å². The summed E-state index contributed by atoms with van der Waals surface area (Å²) in [4.78, 5) is 37.3. The van der Waals surface area contributed by atoms with Crippen LogP contribution in [-0.2, 0) is 11.3 Å². The van der Waals surface area contributed by atoms with Gasteiger partial charge in [-0.25, -0.2) is 4.68 Å². The normalized spacial score (nSPS) is 20.6. The molecule has 0 saturated carbocycles. The third-order valence-electron chi connectivity index (χ3n) is 4.87. The number of amides is 3. The number of benzene rings is 1. The van der Waals surface area contributed by atoms with Crippen LogP contribution < -0.4 is 11.1 Å². The molecule has 0 aliphatic carbocycles. The molecule has 0 bridgehead atoms. The number of nitrogens with two attached hydrogens (primary N) is 1. The van der Waals surface area contributed by atoms with Gasteiger partial charge in [0.2, 0.25) is 5.60 Å². The molecule has 1 aromatic heterocycles. The van der Waals surface area contributed by atoms with Crippen molar-refractivity contribution in [1.82, 2.24) is 20.0 Å². The maximum absolute atomic E-state index is 12.2. The molecule has 142 valence electrons. The molecule has 1 aromatic carbocycles. The molecule has 28 heavy (non-hydrogen) atoms. The highest BCUT2D eigenvalue weighted by Gasteiger charge is 2.42. The Kier molecular flexibility index (Phi) is 3.94. The summed E-state index contributed by atoms with van der Waals surface area (Å²) in [5.74, 6) is 3.98. The number of aliphatic hydroxyl groups is 1. The summed E-state index contributed by atoms with van der Waals surface area (Å²) in [6.45, 7) is 0.628. The molecule has 4 rings (SSSR count). The molecule has 9 nitrogen and oxygen atoms in total. The fraction of sp³-hybridized carbons (Fsp3) is 0.263. The molecule has 0 spiro atoms. The Bertz CT molecular complexity index is 1090. The Labute approximate surface area is 160 Å². The highest BCUT2D eigenvalue weighted by Crippen LogP contribution is 2.24. The second-order valence-corrected chi connectivity index (χ2v) is 6.77. The lowest BCUT2D eigenvalue weighted by Crippen LogP contribution is -2.37. The molecular weight excluding hydrogens is 362 g/mol. The fourth-order valence-electron chi connectivity index (χ4n) is 3.35. The molecule has 3 amide bonds. The maximum Gasteiger partial charge on any atom is 0.270 e. The Morgan fingerprint density at radius 1 is 1.39 bits per heavy atom. The number of fused-ring (bicyclic) bond motifs is 1. The van der Waals surface area contributed by atoms with Crippen LogP contribution in [0.5, 0.6) is 0 Å². The van der Waals surface area contributed by atoms with Crippen molar-refractivity contribution in [3.05, 3.63) is 46.8 Å². The van der Waals surface area contributed by atoms with E-state index in [1.54, 1.807) is 31.3 Å². The minimum atomic E-state index is -1.70. The van der Waals surface area contributed by atoms with E-state index in [1.807, 2.05) is 0 Å². The van der Waals surface area contributed by atoms with Crippen molar-refractivity contribution in [2.45, 2.75) is 18.6 Å². The quantitative estimate of drug-likeness (QED) is 0.586. The molecule has 1 saturated heterocycles. The number of rotatable bonds is 2. The van der Waals surface area contributed by atoms with Crippen molar-refractivity contribution < 1.29 is 19.5 Å². The Morgan fingerprint density at radius 3 is 2.86 bits per heavy atom. The van der Waals surface area contributed by atoms with Crippen LogP contribution in [0.1, 0.15) is 38.5 Å². The summed E-state index contributed by atoms with van der Waals surface area (Å²) in [6, 6.07) is 6.78. The van der Waals surface area contributed by atoms with Crippen LogP contribution >= 0.6 is 0 Å². The van der Waals surface area contributed by atoms with Crippen LogP contribution in [0.3, 0.4) is 0 Å². The predicted molar refractivity (Wildman–Crippen MR) is 97.3 cm³/mol. The van der Waals surface area contributed by atoms with Crippen LogP contribution in [0.4, 0.5) is 0 Å². The highest BCUT2D eigenvalue weighted by atomic mass is 16.3. The van der Waals surface area contributed by atoms with E-state index in [2.05, 4.69) is 22.3 Å². The maximum atomic E-state index is 12.2. The standard InChI is InChI=1S/C19H17N5O4/c1-23-8-7-19(28,18(23)27)6-5-11-3-2-4-12(9-11)24-15-13(10-21-17(15)26)14(22-24)16(20)25/h2-4,9,28H,7-8,10H2,1H3,(H2,20,25)(H,21,26). The molecular formula is C19H17N5O4. The first-order chi connectivity index (χ1) is 13.3. The number of nitrogens with one attached hydrogen (secondary N) is 1. The van der Waals surface area contributed by atoms with E-state index in [0.717, 1.165) is 0 Å². The Morgan fingerprint density at radius 2 is 2.18 bits per heavy atom. The number of carbonyl (C=O) groups excluding carboxylic acids is 3. The van der Waals surface area contributed by atoms with Gasteiger partial charge in [0, 0.05) is 37.7 Å². The Hall–Kier alpha value is -3.64. The topological polar surface area (TPSA) is 131 Å². The van der Waals surface area contributed by atoms with E-state index < -0.39 is 17.4 Å². The van der Waals surface area contributed by atoms with E-state index in [4.69, 9.17) is 5.73 Å². The third-order valence-corrected chi connectivity index (χ3v) is 4.87. The fourth-order valence-corrected chi connectivity index (χ4v) is 3.35. The second-order valence-electron chi connectivity index (χ2n) is 6.77. The molecule has 1 fully saturated rings. The van der Waals surface area contributed by atoms with E-state index in [0.29, 0.717) is 23.4 Å². The van der Waals surface area contributed by atoms with Gasteiger partial charge in [-0.1, -0.05) is 17.9 Å². The number of nitrogens with zero attached hydrogens (tertiary/aromatic N) is 3. The van der Waals surface area contributed by atoms with Gasteiger partial charge in [0.1, 0.15) is 5.69 Å². The lowest BCUT2D eigenvalue weighted by atomic mass is 10.0. The molecule has 2 aliphatic heterocycles. The first kappa shape index (κ1) is 17.8. The highest BCUT2D eigenvalue weighted by molar-refractivity contribution is 6.02. The number of primary amides is 1. The number of likely N-dealkylation sites (tertiary alicyclic amines) is 1. The number of likely N-dealkylation sites (N-methyl/N-ethyl adjacent to an activating group) is 1. The number of carbonyl (C=O) groups is 3. The van der Waals surface area contributed by atoms with E-state index in [-0.39, 0.29) is 30.3 Å². The average molecular weight is 379 g/mol. The molecule has 0 radical (unpaired) electrons.